The van der Waals surface area contributed by atoms with Crippen LogP contribution in [-0.4, -0.2) is 37.9 Å². The fraction of sp³-hybridized carbons (Fsp3) is 0.625. The summed E-state index contributed by atoms with van der Waals surface area (Å²) in [6.45, 7) is 4.01. The number of aryl methyl sites for hydroxylation is 1. The Hall–Kier alpha value is -1.10. The topological polar surface area (TPSA) is 61.5 Å². The zero-order valence-electron chi connectivity index (χ0n) is 12.6. The molecule has 0 radical (unpaired) electrons. The smallest absolute Gasteiger partial charge is 0.0446 e. The van der Waals surface area contributed by atoms with Crippen molar-refractivity contribution in [1.29, 1.82) is 0 Å². The lowest BCUT2D eigenvalue weighted by Crippen LogP contribution is -2.35. The van der Waals surface area contributed by atoms with Crippen molar-refractivity contribution in [2.24, 2.45) is 5.73 Å². The molecule has 0 fully saturated rings. The summed E-state index contributed by atoms with van der Waals surface area (Å²) < 4.78 is 0. The van der Waals surface area contributed by atoms with Crippen molar-refractivity contribution in [1.82, 2.24) is 5.32 Å². The van der Waals surface area contributed by atoms with Crippen molar-refractivity contribution >= 4 is 5.69 Å². The van der Waals surface area contributed by atoms with Gasteiger partial charge in [0.1, 0.15) is 0 Å². The Bertz CT molecular complexity index is 436. The molecule has 20 heavy (non-hydrogen) atoms. The minimum atomic E-state index is 0.161. The zero-order chi connectivity index (χ0) is 14.5. The Labute approximate surface area is 122 Å². The Kier molecular flexibility index (Phi) is 5.40. The van der Waals surface area contributed by atoms with E-state index in [1.54, 1.807) is 0 Å². The molecule has 1 aromatic rings. The average molecular weight is 277 g/mol. The van der Waals surface area contributed by atoms with Gasteiger partial charge in [-0.3, -0.25) is 0 Å². The summed E-state index contributed by atoms with van der Waals surface area (Å²) >= 11 is 0. The Morgan fingerprint density at radius 3 is 2.95 bits per heavy atom. The molecule has 1 heterocycles. The normalized spacial score (nSPS) is 17.7. The van der Waals surface area contributed by atoms with Gasteiger partial charge < -0.3 is 21.1 Å². The van der Waals surface area contributed by atoms with E-state index in [1.165, 1.54) is 23.2 Å². The van der Waals surface area contributed by atoms with Crippen molar-refractivity contribution in [3.8, 4) is 0 Å². The first-order chi connectivity index (χ1) is 9.65. The monoisotopic (exact) mass is 277 g/mol. The van der Waals surface area contributed by atoms with E-state index in [-0.39, 0.29) is 18.7 Å². The van der Waals surface area contributed by atoms with E-state index >= 15 is 0 Å². The molecule has 4 N–H and O–H groups in total. The second kappa shape index (κ2) is 7.07. The van der Waals surface area contributed by atoms with Crippen molar-refractivity contribution in [2.75, 3.05) is 31.6 Å². The van der Waals surface area contributed by atoms with E-state index in [2.05, 4.69) is 42.4 Å². The van der Waals surface area contributed by atoms with E-state index in [0.717, 1.165) is 19.4 Å². The minimum absolute atomic E-state index is 0.161. The highest BCUT2D eigenvalue weighted by Crippen LogP contribution is 2.28. The molecule has 0 saturated heterocycles. The highest BCUT2D eigenvalue weighted by Gasteiger charge is 2.17. The predicted molar refractivity (Wildman–Crippen MR) is 84.1 cm³/mol. The summed E-state index contributed by atoms with van der Waals surface area (Å²) in [7, 11) is 2.15. The third-order valence-corrected chi connectivity index (χ3v) is 4.14. The number of rotatable bonds is 6. The maximum absolute atomic E-state index is 9.00. The molecule has 0 saturated carbocycles. The van der Waals surface area contributed by atoms with Crippen LogP contribution in [0.2, 0.25) is 0 Å². The summed E-state index contributed by atoms with van der Waals surface area (Å²) in [6.07, 6.45) is 3.12. The molecule has 112 valence electrons. The van der Waals surface area contributed by atoms with E-state index in [4.69, 9.17) is 10.8 Å². The SMILES string of the molecule is CC(CCO)NC(CN)c1ccc2c(c1)CCCN2C. The maximum Gasteiger partial charge on any atom is 0.0446 e. The lowest BCUT2D eigenvalue weighted by molar-refractivity contribution is 0.263. The zero-order valence-corrected chi connectivity index (χ0v) is 12.6. The molecule has 0 aromatic heterocycles. The van der Waals surface area contributed by atoms with Crippen molar-refractivity contribution in [3.05, 3.63) is 29.3 Å². The van der Waals surface area contributed by atoms with Gasteiger partial charge in [-0.25, -0.2) is 0 Å². The summed E-state index contributed by atoms with van der Waals surface area (Å²) in [6, 6.07) is 7.12. The Balaban J connectivity index is 2.14. The molecule has 0 aliphatic carbocycles. The van der Waals surface area contributed by atoms with Crippen LogP contribution in [0.3, 0.4) is 0 Å². The summed E-state index contributed by atoms with van der Waals surface area (Å²) in [5, 5.41) is 12.5. The quantitative estimate of drug-likeness (QED) is 0.736. The molecule has 1 aliphatic heterocycles. The molecule has 2 unspecified atom stereocenters. The summed E-state index contributed by atoms with van der Waals surface area (Å²) in [5.74, 6) is 0. The largest absolute Gasteiger partial charge is 0.396 e. The van der Waals surface area contributed by atoms with E-state index in [1.807, 2.05) is 0 Å². The van der Waals surface area contributed by atoms with Crippen LogP contribution >= 0.6 is 0 Å². The lowest BCUT2D eigenvalue weighted by atomic mass is 9.96. The third kappa shape index (κ3) is 3.51. The maximum atomic E-state index is 9.00. The van der Waals surface area contributed by atoms with Crippen LogP contribution in [0.4, 0.5) is 5.69 Å². The van der Waals surface area contributed by atoms with Gasteiger partial charge in [-0.2, -0.15) is 0 Å². The highest BCUT2D eigenvalue weighted by atomic mass is 16.3. The van der Waals surface area contributed by atoms with Gasteiger partial charge in [-0.1, -0.05) is 12.1 Å². The van der Waals surface area contributed by atoms with Crippen molar-refractivity contribution in [2.45, 2.75) is 38.3 Å². The van der Waals surface area contributed by atoms with Crippen LogP contribution in [0.25, 0.3) is 0 Å². The lowest BCUT2D eigenvalue weighted by Gasteiger charge is -2.29. The second-order valence-corrected chi connectivity index (χ2v) is 5.78. The average Bonchev–Trinajstić information content (AvgIpc) is 2.45. The first-order valence-corrected chi connectivity index (χ1v) is 7.56. The van der Waals surface area contributed by atoms with Crippen molar-refractivity contribution < 1.29 is 5.11 Å². The van der Waals surface area contributed by atoms with Gasteiger partial charge in [0.15, 0.2) is 0 Å². The van der Waals surface area contributed by atoms with E-state index < -0.39 is 0 Å². The standard InChI is InChI=1S/C16H27N3O/c1-12(7-9-20)18-15(11-17)13-5-6-16-14(10-13)4-3-8-19(16)2/h5-6,10,12,15,18,20H,3-4,7-9,11,17H2,1-2H3. The predicted octanol–water partition coefficient (Wildman–Crippen LogP) is 1.43. The highest BCUT2D eigenvalue weighted by molar-refractivity contribution is 5.56. The van der Waals surface area contributed by atoms with E-state index in [9.17, 15) is 0 Å². The summed E-state index contributed by atoms with van der Waals surface area (Å²) in [5.41, 5.74) is 9.94. The van der Waals surface area contributed by atoms with Gasteiger partial charge >= 0.3 is 0 Å². The molecule has 2 atom stereocenters. The number of hydrogen-bond donors (Lipinski definition) is 3. The molecule has 0 amide bonds. The van der Waals surface area contributed by atoms with Crippen LogP contribution < -0.4 is 16.0 Å². The number of fused-ring (bicyclic) bond motifs is 1. The number of hydrogen-bond acceptors (Lipinski definition) is 4. The molecule has 1 aliphatic rings. The van der Waals surface area contributed by atoms with E-state index in [0.29, 0.717) is 6.54 Å². The third-order valence-electron chi connectivity index (χ3n) is 4.14. The number of nitrogens with one attached hydrogen (secondary N) is 1. The van der Waals surface area contributed by atoms with Crippen LogP contribution in [0.1, 0.15) is 36.9 Å². The van der Waals surface area contributed by atoms with Crippen LogP contribution in [0, 0.1) is 0 Å². The molecule has 2 rings (SSSR count). The van der Waals surface area contributed by atoms with Crippen molar-refractivity contribution in [3.63, 3.8) is 0 Å². The molecule has 4 heteroatoms. The molecule has 0 bridgehead atoms. The Morgan fingerprint density at radius 1 is 1.45 bits per heavy atom. The fourth-order valence-corrected chi connectivity index (χ4v) is 2.94. The Morgan fingerprint density at radius 2 is 2.25 bits per heavy atom. The second-order valence-electron chi connectivity index (χ2n) is 5.78. The molecular weight excluding hydrogens is 250 g/mol. The van der Waals surface area contributed by atoms with Gasteiger partial charge in [0.2, 0.25) is 0 Å². The van der Waals surface area contributed by atoms with Crippen LogP contribution in [-0.2, 0) is 6.42 Å². The number of aliphatic hydroxyl groups excluding tert-OH is 1. The number of aliphatic hydroxyl groups is 1. The molecule has 0 spiro atoms. The summed E-state index contributed by atoms with van der Waals surface area (Å²) in [4.78, 5) is 2.32. The van der Waals surface area contributed by atoms with Crippen LogP contribution in [0.15, 0.2) is 18.2 Å². The first-order valence-electron chi connectivity index (χ1n) is 7.56. The van der Waals surface area contributed by atoms with Gasteiger partial charge in [0, 0.05) is 44.5 Å². The van der Waals surface area contributed by atoms with Crippen LogP contribution in [0.5, 0.6) is 0 Å². The number of benzene rings is 1. The number of anilines is 1. The number of nitrogens with two attached hydrogens (primary N) is 1. The molecule has 1 aromatic carbocycles. The minimum Gasteiger partial charge on any atom is -0.396 e. The van der Waals surface area contributed by atoms with Gasteiger partial charge in [0.25, 0.3) is 0 Å². The fourth-order valence-electron chi connectivity index (χ4n) is 2.94. The molecule has 4 nitrogen and oxygen atoms in total. The van der Waals surface area contributed by atoms with Gasteiger partial charge in [0.05, 0.1) is 0 Å². The van der Waals surface area contributed by atoms with Gasteiger partial charge in [-0.15, -0.1) is 0 Å². The molecular formula is C16H27N3O. The number of nitrogens with zero attached hydrogens (tertiary/aromatic N) is 1. The van der Waals surface area contributed by atoms with Gasteiger partial charge in [-0.05, 0) is 43.4 Å². The first kappa shape index (κ1) is 15.3.